The van der Waals surface area contributed by atoms with Gasteiger partial charge in [0, 0.05) is 21.6 Å². The van der Waals surface area contributed by atoms with Crippen molar-refractivity contribution in [3.8, 4) is 0 Å². The van der Waals surface area contributed by atoms with E-state index in [9.17, 15) is 14.7 Å². The second-order valence-electron chi connectivity index (χ2n) is 3.28. The first-order valence-corrected chi connectivity index (χ1v) is 5.91. The lowest BCUT2D eigenvalue weighted by molar-refractivity contribution is -0.305. The van der Waals surface area contributed by atoms with E-state index in [1.54, 1.807) is 12.1 Å². The summed E-state index contributed by atoms with van der Waals surface area (Å²) in [6.07, 6.45) is 0.415. The van der Waals surface area contributed by atoms with Crippen molar-refractivity contribution in [1.82, 2.24) is 0 Å². The molecule has 0 aliphatic rings. The van der Waals surface area contributed by atoms with Gasteiger partial charge >= 0.3 is 0 Å². The highest BCUT2D eigenvalue weighted by Gasteiger charge is 2.01. The summed E-state index contributed by atoms with van der Waals surface area (Å²) in [5.41, 5.74) is 0.721. The molecule has 1 N–H and O–H groups in total. The Morgan fingerprint density at radius 1 is 1.19 bits per heavy atom. The number of hydrogen-bond acceptors (Lipinski definition) is 3. The van der Waals surface area contributed by atoms with Crippen LogP contribution in [0.1, 0.15) is 19.3 Å². The van der Waals surface area contributed by atoms with Gasteiger partial charge in [0.15, 0.2) is 0 Å². The molecule has 0 aromatic heterocycles. The number of carboxylic acid groups (broad SMARTS) is 1. The molecule has 86 valence electrons. The second kappa shape index (κ2) is 6.47. The van der Waals surface area contributed by atoms with Crippen LogP contribution >= 0.6 is 22.6 Å². The van der Waals surface area contributed by atoms with Gasteiger partial charge < -0.3 is 15.2 Å². The van der Waals surface area contributed by atoms with Crippen molar-refractivity contribution in [2.75, 3.05) is 5.32 Å². The van der Waals surface area contributed by atoms with Crippen LogP contribution in [0.25, 0.3) is 0 Å². The molecule has 0 fully saturated rings. The molecule has 0 atom stereocenters. The van der Waals surface area contributed by atoms with Crippen LogP contribution in [0.5, 0.6) is 0 Å². The Morgan fingerprint density at radius 3 is 2.38 bits per heavy atom. The van der Waals surface area contributed by atoms with Crippen LogP contribution in [-0.4, -0.2) is 11.9 Å². The van der Waals surface area contributed by atoms with Gasteiger partial charge in [-0.2, -0.15) is 0 Å². The number of hydrogen-bond donors (Lipinski definition) is 1. The highest BCUT2D eigenvalue weighted by atomic mass is 127. The van der Waals surface area contributed by atoms with Gasteiger partial charge in [-0.3, -0.25) is 4.79 Å². The minimum atomic E-state index is -1.12. The van der Waals surface area contributed by atoms with E-state index in [2.05, 4.69) is 27.9 Å². The molecule has 0 heterocycles. The lowest BCUT2D eigenvalue weighted by atomic mass is 10.2. The number of halogens is 1. The number of rotatable bonds is 5. The molecule has 16 heavy (non-hydrogen) atoms. The molecule has 4 nitrogen and oxygen atoms in total. The van der Waals surface area contributed by atoms with E-state index in [4.69, 9.17) is 0 Å². The third kappa shape index (κ3) is 5.11. The Labute approximate surface area is 107 Å². The predicted octanol–water partition coefficient (Wildman–Crippen LogP) is 1.15. The van der Waals surface area contributed by atoms with Gasteiger partial charge in [-0.05, 0) is 59.7 Å². The highest BCUT2D eigenvalue weighted by molar-refractivity contribution is 14.1. The third-order valence-electron chi connectivity index (χ3n) is 1.91. The van der Waals surface area contributed by atoms with E-state index in [0.29, 0.717) is 6.42 Å². The number of carbonyl (C=O) groups excluding carboxylic acids is 2. The van der Waals surface area contributed by atoms with Gasteiger partial charge in [-0.1, -0.05) is 0 Å². The van der Waals surface area contributed by atoms with E-state index < -0.39 is 5.97 Å². The Balaban J connectivity index is 2.34. The van der Waals surface area contributed by atoms with E-state index in [1.165, 1.54) is 0 Å². The smallest absolute Gasteiger partial charge is 0.224 e. The number of nitrogens with one attached hydrogen (secondary N) is 1. The average Bonchev–Trinajstić information content (AvgIpc) is 2.21. The van der Waals surface area contributed by atoms with Crippen molar-refractivity contribution in [2.45, 2.75) is 19.3 Å². The summed E-state index contributed by atoms with van der Waals surface area (Å²) in [7, 11) is 0. The van der Waals surface area contributed by atoms with Crippen molar-refractivity contribution in [1.29, 1.82) is 0 Å². The van der Waals surface area contributed by atoms with Crippen LogP contribution in [0.4, 0.5) is 5.69 Å². The van der Waals surface area contributed by atoms with Gasteiger partial charge in [0.05, 0.1) is 0 Å². The summed E-state index contributed by atoms with van der Waals surface area (Å²) >= 11 is 2.18. The molecule has 0 saturated heterocycles. The Bertz CT molecular complexity index is 375. The predicted molar refractivity (Wildman–Crippen MR) is 66.6 cm³/mol. The largest absolute Gasteiger partial charge is 0.550 e. The number of carbonyl (C=O) groups is 2. The first kappa shape index (κ1) is 13.0. The van der Waals surface area contributed by atoms with Gasteiger partial charge in [-0.25, -0.2) is 0 Å². The first-order chi connectivity index (χ1) is 7.58. The highest BCUT2D eigenvalue weighted by Crippen LogP contribution is 2.11. The number of anilines is 1. The number of amides is 1. The van der Waals surface area contributed by atoms with Crippen LogP contribution in [-0.2, 0) is 9.59 Å². The maximum atomic E-state index is 11.4. The SMILES string of the molecule is O=C([O-])CCCC(=O)Nc1ccc(I)cc1. The topological polar surface area (TPSA) is 69.2 Å². The van der Waals surface area contributed by atoms with Crippen LogP contribution < -0.4 is 10.4 Å². The fourth-order valence-corrected chi connectivity index (χ4v) is 1.51. The van der Waals surface area contributed by atoms with Gasteiger partial charge in [0.2, 0.25) is 5.91 Å². The van der Waals surface area contributed by atoms with E-state index >= 15 is 0 Å². The summed E-state index contributed by atoms with van der Waals surface area (Å²) in [5, 5.41) is 12.8. The monoisotopic (exact) mass is 332 g/mol. The minimum Gasteiger partial charge on any atom is -0.550 e. The van der Waals surface area contributed by atoms with Crippen LogP contribution in [0.3, 0.4) is 0 Å². The zero-order chi connectivity index (χ0) is 12.0. The Morgan fingerprint density at radius 2 is 1.81 bits per heavy atom. The molecule has 1 amide bonds. The maximum Gasteiger partial charge on any atom is 0.224 e. The van der Waals surface area contributed by atoms with Crippen molar-refractivity contribution in [3.05, 3.63) is 27.8 Å². The molecule has 1 aromatic rings. The normalized spacial score (nSPS) is 9.81. The number of carboxylic acids is 1. The molecule has 5 heteroatoms. The van der Waals surface area contributed by atoms with E-state index in [0.717, 1.165) is 9.26 Å². The molecule has 0 aliphatic heterocycles. The van der Waals surface area contributed by atoms with Crippen LogP contribution in [0.15, 0.2) is 24.3 Å². The van der Waals surface area contributed by atoms with Crippen LogP contribution in [0.2, 0.25) is 0 Å². The molecule has 1 rings (SSSR count). The molecule has 0 spiro atoms. The van der Waals surface area contributed by atoms with Crippen molar-refractivity contribution < 1.29 is 14.7 Å². The fraction of sp³-hybridized carbons (Fsp3) is 0.273. The van der Waals surface area contributed by atoms with Gasteiger partial charge in [-0.15, -0.1) is 0 Å². The molecule has 1 aromatic carbocycles. The van der Waals surface area contributed by atoms with Crippen molar-refractivity contribution in [3.63, 3.8) is 0 Å². The molecule has 0 saturated carbocycles. The van der Waals surface area contributed by atoms with Gasteiger partial charge in [0.1, 0.15) is 0 Å². The van der Waals surface area contributed by atoms with Crippen molar-refractivity contribution in [2.24, 2.45) is 0 Å². The molecule has 0 radical (unpaired) electrons. The second-order valence-corrected chi connectivity index (χ2v) is 4.53. The fourth-order valence-electron chi connectivity index (χ4n) is 1.15. The molecule has 0 bridgehead atoms. The molecular formula is C11H11INO3-. The van der Waals surface area contributed by atoms with Crippen LogP contribution in [0, 0.1) is 3.57 Å². The first-order valence-electron chi connectivity index (χ1n) is 4.83. The third-order valence-corrected chi connectivity index (χ3v) is 2.63. The molecule has 0 aliphatic carbocycles. The summed E-state index contributed by atoms with van der Waals surface area (Å²) in [5.74, 6) is -1.30. The zero-order valence-electron chi connectivity index (χ0n) is 8.53. The zero-order valence-corrected chi connectivity index (χ0v) is 10.7. The maximum absolute atomic E-state index is 11.4. The minimum absolute atomic E-state index is 0.0832. The summed E-state index contributed by atoms with van der Waals surface area (Å²) in [4.78, 5) is 21.5. The van der Waals surface area contributed by atoms with E-state index in [1.807, 2.05) is 12.1 Å². The summed E-state index contributed by atoms with van der Waals surface area (Å²) in [6.45, 7) is 0. The average molecular weight is 332 g/mol. The lowest BCUT2D eigenvalue weighted by Crippen LogP contribution is -2.22. The Kier molecular flexibility index (Phi) is 5.24. The van der Waals surface area contributed by atoms with E-state index in [-0.39, 0.29) is 18.7 Å². The molecular weight excluding hydrogens is 321 g/mol. The standard InChI is InChI=1S/C11H12INO3/c12-8-4-6-9(7-5-8)13-10(14)2-1-3-11(15)16/h4-7H,1-3H2,(H,13,14)(H,15,16)/p-1. The summed E-state index contributed by atoms with van der Waals surface area (Å²) in [6, 6.07) is 7.38. The number of aliphatic carboxylic acids is 1. The number of benzene rings is 1. The molecule has 0 unspecified atom stereocenters. The Hall–Kier alpha value is -1.11. The lowest BCUT2D eigenvalue weighted by Gasteiger charge is -2.05. The summed E-state index contributed by atoms with van der Waals surface area (Å²) < 4.78 is 1.09. The quantitative estimate of drug-likeness (QED) is 0.823. The van der Waals surface area contributed by atoms with Crippen molar-refractivity contribution >= 4 is 40.2 Å². The van der Waals surface area contributed by atoms with Gasteiger partial charge in [0.25, 0.3) is 0 Å².